The molecule has 0 aliphatic heterocycles. The topological polar surface area (TPSA) is 25.2 Å². The number of carbonyl (C=O) groups excluding carboxylic acids is 1. The van der Waals surface area contributed by atoms with Crippen molar-refractivity contribution in [3.63, 3.8) is 0 Å². The van der Waals surface area contributed by atoms with Crippen LogP contribution < -0.4 is 0 Å². The predicted octanol–water partition coefficient (Wildman–Crippen LogP) is 3.94. The normalized spacial score (nSPS) is 17.5. The van der Waals surface area contributed by atoms with Gasteiger partial charge in [0.05, 0.1) is 5.52 Å². The van der Waals surface area contributed by atoms with Gasteiger partial charge in [-0.25, -0.2) is 0 Å². The zero-order valence-electron chi connectivity index (χ0n) is 14.2. The van der Waals surface area contributed by atoms with E-state index in [0.717, 1.165) is 41.5 Å². The Morgan fingerprint density at radius 3 is 2.50 bits per heavy atom. The highest BCUT2D eigenvalue weighted by molar-refractivity contribution is 6.11. The fraction of sp³-hybridized carbons (Fsp3) is 0.286. The summed E-state index contributed by atoms with van der Waals surface area (Å²) >= 11 is 0. The molecule has 2 aromatic carbocycles. The van der Waals surface area contributed by atoms with Crippen LogP contribution in [-0.4, -0.2) is 35.9 Å². The summed E-state index contributed by atoms with van der Waals surface area (Å²) in [5.74, 6) is 0.401. The second-order valence-electron chi connectivity index (χ2n) is 6.87. The second-order valence-corrected chi connectivity index (χ2v) is 6.87. The van der Waals surface area contributed by atoms with Crippen molar-refractivity contribution in [2.24, 2.45) is 5.92 Å². The number of benzene rings is 2. The first-order valence-electron chi connectivity index (χ1n) is 8.53. The lowest BCUT2D eigenvalue weighted by atomic mass is 9.84. The molecule has 1 unspecified atom stereocenters. The molecule has 1 aromatic heterocycles. The van der Waals surface area contributed by atoms with Crippen molar-refractivity contribution in [3.8, 4) is 5.69 Å². The molecule has 122 valence electrons. The predicted molar refractivity (Wildman–Crippen MR) is 98.0 cm³/mol. The molecule has 0 saturated carbocycles. The molecule has 0 radical (unpaired) electrons. The van der Waals surface area contributed by atoms with Gasteiger partial charge >= 0.3 is 0 Å². The lowest BCUT2D eigenvalue weighted by Crippen LogP contribution is -2.32. The molecule has 3 heteroatoms. The number of nitrogens with zero attached hydrogens (tertiary/aromatic N) is 2. The highest BCUT2D eigenvalue weighted by Crippen LogP contribution is 2.36. The smallest absolute Gasteiger partial charge is 0.169 e. The monoisotopic (exact) mass is 318 g/mol. The zero-order chi connectivity index (χ0) is 16.7. The highest BCUT2D eigenvalue weighted by Gasteiger charge is 2.33. The van der Waals surface area contributed by atoms with E-state index in [9.17, 15) is 4.79 Å². The van der Waals surface area contributed by atoms with Crippen LogP contribution in [0.4, 0.5) is 0 Å². The number of Topliss-reactive ketones (excluding diaryl/α,β-unsaturated/α-hetero) is 1. The van der Waals surface area contributed by atoms with E-state index < -0.39 is 0 Å². The van der Waals surface area contributed by atoms with Gasteiger partial charge < -0.3 is 9.47 Å². The molecule has 0 bridgehead atoms. The Balaban J connectivity index is 1.94. The third-order valence-electron chi connectivity index (χ3n) is 4.92. The number of hydrogen-bond acceptors (Lipinski definition) is 2. The summed E-state index contributed by atoms with van der Waals surface area (Å²) in [4.78, 5) is 15.3. The van der Waals surface area contributed by atoms with Crippen LogP contribution >= 0.6 is 0 Å². The molecule has 1 aliphatic rings. The summed E-state index contributed by atoms with van der Waals surface area (Å²) in [5.41, 5.74) is 4.37. The van der Waals surface area contributed by atoms with Gasteiger partial charge in [0.15, 0.2) is 5.78 Å². The fourth-order valence-corrected chi connectivity index (χ4v) is 3.94. The Labute approximate surface area is 142 Å². The number of para-hydroxylation sites is 2. The average molecular weight is 318 g/mol. The van der Waals surface area contributed by atoms with E-state index in [-0.39, 0.29) is 5.92 Å². The van der Waals surface area contributed by atoms with Crippen LogP contribution in [0.25, 0.3) is 16.6 Å². The van der Waals surface area contributed by atoms with Crippen LogP contribution in [0.1, 0.15) is 22.5 Å². The summed E-state index contributed by atoms with van der Waals surface area (Å²) in [6.07, 6.45) is 1.87. The molecule has 0 amide bonds. The van der Waals surface area contributed by atoms with Crippen molar-refractivity contribution in [1.82, 2.24) is 9.47 Å². The van der Waals surface area contributed by atoms with Crippen LogP contribution in [0.15, 0.2) is 54.6 Å². The summed E-state index contributed by atoms with van der Waals surface area (Å²) in [5, 5.41) is 1.09. The average Bonchev–Trinajstić information content (AvgIpc) is 2.93. The van der Waals surface area contributed by atoms with E-state index in [2.05, 4.69) is 51.9 Å². The summed E-state index contributed by atoms with van der Waals surface area (Å²) < 4.78 is 2.27. The van der Waals surface area contributed by atoms with E-state index >= 15 is 0 Å². The summed E-state index contributed by atoms with van der Waals surface area (Å²) in [6.45, 7) is 0.823. The first-order chi connectivity index (χ1) is 11.7. The van der Waals surface area contributed by atoms with Crippen LogP contribution in [0, 0.1) is 5.92 Å². The maximum Gasteiger partial charge on any atom is 0.169 e. The van der Waals surface area contributed by atoms with E-state index in [0.29, 0.717) is 5.78 Å². The van der Waals surface area contributed by atoms with Crippen LogP contribution in [0.5, 0.6) is 0 Å². The number of fused-ring (bicyclic) bond motifs is 3. The molecule has 0 saturated heterocycles. The maximum absolute atomic E-state index is 13.2. The van der Waals surface area contributed by atoms with Gasteiger partial charge in [0, 0.05) is 34.8 Å². The minimum atomic E-state index is 0.0996. The van der Waals surface area contributed by atoms with E-state index in [1.807, 2.05) is 26.2 Å². The highest BCUT2D eigenvalue weighted by atomic mass is 16.1. The molecule has 4 rings (SSSR count). The van der Waals surface area contributed by atoms with Gasteiger partial charge in [-0.2, -0.15) is 0 Å². The zero-order valence-corrected chi connectivity index (χ0v) is 14.2. The van der Waals surface area contributed by atoms with Gasteiger partial charge in [0.25, 0.3) is 0 Å². The van der Waals surface area contributed by atoms with E-state index in [1.54, 1.807) is 0 Å². The van der Waals surface area contributed by atoms with Crippen LogP contribution in [0.3, 0.4) is 0 Å². The molecule has 1 heterocycles. The summed E-state index contributed by atoms with van der Waals surface area (Å²) in [7, 11) is 4.08. The number of hydrogen-bond donors (Lipinski definition) is 0. The van der Waals surface area contributed by atoms with Crippen molar-refractivity contribution in [3.05, 3.63) is 65.9 Å². The Bertz CT molecular complexity index is 893. The molecule has 3 aromatic rings. The van der Waals surface area contributed by atoms with Gasteiger partial charge in [-0.15, -0.1) is 0 Å². The Hall–Kier alpha value is -2.39. The molecule has 0 spiro atoms. The molecule has 1 aliphatic carbocycles. The largest absolute Gasteiger partial charge is 0.313 e. The van der Waals surface area contributed by atoms with Gasteiger partial charge in [-0.3, -0.25) is 4.79 Å². The van der Waals surface area contributed by atoms with Gasteiger partial charge in [0.1, 0.15) is 0 Å². The number of ketones is 1. The lowest BCUT2D eigenvalue weighted by molar-refractivity contribution is 0.0878. The quantitative estimate of drug-likeness (QED) is 0.731. The second kappa shape index (κ2) is 5.91. The van der Waals surface area contributed by atoms with Gasteiger partial charge in [0.2, 0.25) is 0 Å². The van der Waals surface area contributed by atoms with Crippen molar-refractivity contribution >= 4 is 16.7 Å². The minimum Gasteiger partial charge on any atom is -0.313 e. The molecule has 0 N–H and O–H groups in total. The van der Waals surface area contributed by atoms with Crippen LogP contribution in [-0.2, 0) is 6.42 Å². The Morgan fingerprint density at radius 1 is 1.04 bits per heavy atom. The van der Waals surface area contributed by atoms with E-state index in [1.165, 1.54) is 5.69 Å². The maximum atomic E-state index is 13.2. The summed E-state index contributed by atoms with van der Waals surface area (Å²) in [6, 6.07) is 18.6. The SMILES string of the molecule is CN(C)CC1CCc2c(c3ccccc3n2-c2ccccc2)C1=O. The molecular formula is C21H22N2O. The standard InChI is InChI=1S/C21H22N2O/c1-22(2)14-15-12-13-19-20(21(15)24)17-10-6-7-11-18(17)23(19)16-8-4-3-5-9-16/h3-11,15H,12-14H2,1-2H3. The number of rotatable bonds is 3. The van der Waals surface area contributed by atoms with E-state index in [4.69, 9.17) is 0 Å². The van der Waals surface area contributed by atoms with Crippen molar-refractivity contribution in [1.29, 1.82) is 0 Å². The Kier molecular flexibility index (Phi) is 3.73. The fourth-order valence-electron chi connectivity index (χ4n) is 3.94. The first kappa shape index (κ1) is 15.2. The lowest BCUT2D eigenvalue weighted by Gasteiger charge is -2.25. The van der Waals surface area contributed by atoms with Crippen molar-refractivity contribution < 1.29 is 4.79 Å². The first-order valence-corrected chi connectivity index (χ1v) is 8.53. The van der Waals surface area contributed by atoms with Gasteiger partial charge in [-0.1, -0.05) is 36.4 Å². The van der Waals surface area contributed by atoms with Gasteiger partial charge in [-0.05, 0) is 45.1 Å². The molecular weight excluding hydrogens is 296 g/mol. The number of carbonyl (C=O) groups is 1. The Morgan fingerprint density at radius 2 is 1.75 bits per heavy atom. The van der Waals surface area contributed by atoms with Crippen molar-refractivity contribution in [2.75, 3.05) is 20.6 Å². The third-order valence-corrected chi connectivity index (χ3v) is 4.92. The third kappa shape index (κ3) is 2.36. The van der Waals surface area contributed by atoms with Crippen LogP contribution in [0.2, 0.25) is 0 Å². The molecule has 0 fully saturated rings. The minimum absolute atomic E-state index is 0.0996. The molecule has 24 heavy (non-hydrogen) atoms. The molecule has 1 atom stereocenters. The van der Waals surface area contributed by atoms with Crippen molar-refractivity contribution in [2.45, 2.75) is 12.8 Å². The number of aromatic nitrogens is 1. The molecule has 3 nitrogen and oxygen atoms in total.